The van der Waals surface area contributed by atoms with E-state index in [4.69, 9.17) is 4.42 Å². The van der Waals surface area contributed by atoms with Crippen molar-refractivity contribution in [3.63, 3.8) is 0 Å². The zero-order chi connectivity index (χ0) is 7.68. The molecule has 1 amide bonds. The Bertz CT molecular complexity index is 253. The summed E-state index contributed by atoms with van der Waals surface area (Å²) in [7, 11) is 0. The van der Waals surface area contributed by atoms with Crippen LogP contribution in [0.25, 0.3) is 0 Å². The molecule has 1 aromatic heterocycles. The molecule has 1 aliphatic rings. The van der Waals surface area contributed by atoms with E-state index in [2.05, 4.69) is 5.32 Å². The Morgan fingerprint density at radius 3 is 3.09 bits per heavy atom. The highest BCUT2D eigenvalue weighted by atomic mass is 16.3. The molecule has 2 rings (SSSR count). The number of rotatable bonds is 1. The molecule has 58 valence electrons. The third kappa shape index (κ3) is 1.13. The zero-order valence-corrected chi connectivity index (χ0v) is 6.04. The monoisotopic (exact) mass is 151 g/mol. The topological polar surface area (TPSA) is 42.2 Å². The molecule has 1 fully saturated rings. The number of furan rings is 1. The predicted octanol–water partition coefficient (Wildman–Crippen LogP) is 0.883. The summed E-state index contributed by atoms with van der Waals surface area (Å²) in [6.07, 6.45) is 2.20. The van der Waals surface area contributed by atoms with Crippen LogP contribution in [0, 0.1) is 0 Å². The van der Waals surface area contributed by atoms with Crippen LogP contribution in [0.4, 0.5) is 0 Å². The van der Waals surface area contributed by atoms with Crippen LogP contribution in [-0.2, 0) is 4.79 Å². The van der Waals surface area contributed by atoms with Gasteiger partial charge in [-0.05, 0) is 12.1 Å². The molecule has 0 radical (unpaired) electrons. The number of carbonyl (C=O) groups excluding carboxylic acids is 1. The second kappa shape index (κ2) is 2.42. The molecular weight excluding hydrogens is 142 g/mol. The van der Waals surface area contributed by atoms with Crippen molar-refractivity contribution in [2.75, 3.05) is 6.54 Å². The Labute approximate surface area is 64.4 Å². The molecule has 0 bridgehead atoms. The average Bonchev–Trinajstić information content (AvgIpc) is 2.55. The van der Waals surface area contributed by atoms with Gasteiger partial charge in [0.05, 0.1) is 6.26 Å². The maximum atomic E-state index is 10.8. The largest absolute Gasteiger partial charge is 0.469 e. The van der Waals surface area contributed by atoms with Gasteiger partial charge >= 0.3 is 0 Å². The fourth-order valence-corrected chi connectivity index (χ4v) is 1.33. The first-order valence-corrected chi connectivity index (χ1v) is 3.66. The van der Waals surface area contributed by atoms with Crippen molar-refractivity contribution in [1.29, 1.82) is 0 Å². The predicted molar refractivity (Wildman–Crippen MR) is 39.1 cm³/mol. The fraction of sp³-hybridized carbons (Fsp3) is 0.375. The van der Waals surface area contributed by atoms with E-state index in [1.54, 1.807) is 6.26 Å². The van der Waals surface area contributed by atoms with Crippen molar-refractivity contribution in [1.82, 2.24) is 5.32 Å². The van der Waals surface area contributed by atoms with Crippen molar-refractivity contribution >= 4 is 5.91 Å². The molecule has 1 aromatic rings. The van der Waals surface area contributed by atoms with E-state index in [-0.39, 0.29) is 11.8 Å². The molecule has 1 saturated heterocycles. The summed E-state index contributed by atoms with van der Waals surface area (Å²) in [6.45, 7) is 0.715. The van der Waals surface area contributed by atoms with Gasteiger partial charge in [-0.25, -0.2) is 0 Å². The van der Waals surface area contributed by atoms with Crippen LogP contribution in [0.5, 0.6) is 0 Å². The summed E-state index contributed by atoms with van der Waals surface area (Å²) in [5.41, 5.74) is 0. The van der Waals surface area contributed by atoms with E-state index in [1.807, 2.05) is 12.1 Å². The molecule has 1 N–H and O–H groups in total. The minimum absolute atomic E-state index is 0.117. The van der Waals surface area contributed by atoms with Gasteiger partial charge in [0.2, 0.25) is 5.91 Å². The molecule has 1 aliphatic heterocycles. The van der Waals surface area contributed by atoms with Crippen LogP contribution in [-0.4, -0.2) is 12.5 Å². The minimum Gasteiger partial charge on any atom is -0.469 e. The first-order chi connectivity index (χ1) is 5.36. The number of carbonyl (C=O) groups is 1. The fourth-order valence-electron chi connectivity index (χ4n) is 1.33. The lowest BCUT2D eigenvalue weighted by molar-refractivity contribution is -0.119. The highest BCUT2D eigenvalue weighted by Gasteiger charge is 2.24. The lowest BCUT2D eigenvalue weighted by atomic mass is 10.1. The van der Waals surface area contributed by atoms with E-state index in [9.17, 15) is 4.79 Å². The van der Waals surface area contributed by atoms with Gasteiger partial charge in [-0.1, -0.05) is 0 Å². The molecule has 1 atom stereocenters. The summed E-state index contributed by atoms with van der Waals surface area (Å²) in [5, 5.41) is 2.76. The SMILES string of the molecule is O=C1C[C@H](c2ccco2)CN1. The molecule has 0 spiro atoms. The molecular formula is C8H9NO2. The lowest BCUT2D eigenvalue weighted by Crippen LogP contribution is -2.13. The average molecular weight is 151 g/mol. The molecule has 3 nitrogen and oxygen atoms in total. The van der Waals surface area contributed by atoms with Gasteiger partial charge in [0.1, 0.15) is 5.76 Å². The van der Waals surface area contributed by atoms with Gasteiger partial charge < -0.3 is 9.73 Å². The van der Waals surface area contributed by atoms with Gasteiger partial charge in [-0.15, -0.1) is 0 Å². The van der Waals surface area contributed by atoms with E-state index in [0.29, 0.717) is 13.0 Å². The Morgan fingerprint density at radius 1 is 1.64 bits per heavy atom. The quantitative estimate of drug-likeness (QED) is 0.647. The number of amides is 1. The molecule has 0 aliphatic carbocycles. The summed E-state index contributed by atoms with van der Waals surface area (Å²) in [4.78, 5) is 10.8. The number of hydrogen-bond donors (Lipinski definition) is 1. The summed E-state index contributed by atoms with van der Waals surface area (Å²) in [6, 6.07) is 3.75. The van der Waals surface area contributed by atoms with Crippen molar-refractivity contribution in [2.45, 2.75) is 12.3 Å². The van der Waals surface area contributed by atoms with E-state index in [1.165, 1.54) is 0 Å². The standard InChI is InChI=1S/C8H9NO2/c10-8-4-6(5-9-8)7-2-1-3-11-7/h1-3,6H,4-5H2,(H,9,10)/t6-/m0/s1. The third-order valence-corrected chi connectivity index (χ3v) is 1.92. The molecule has 0 saturated carbocycles. The van der Waals surface area contributed by atoms with Gasteiger partial charge in [0, 0.05) is 18.9 Å². The summed E-state index contributed by atoms with van der Waals surface area (Å²) < 4.78 is 5.17. The van der Waals surface area contributed by atoms with Crippen molar-refractivity contribution < 1.29 is 9.21 Å². The lowest BCUT2D eigenvalue weighted by Gasteiger charge is -1.99. The summed E-state index contributed by atoms with van der Waals surface area (Å²) >= 11 is 0. The van der Waals surface area contributed by atoms with E-state index >= 15 is 0 Å². The smallest absolute Gasteiger partial charge is 0.220 e. The highest BCUT2D eigenvalue weighted by Crippen LogP contribution is 2.22. The van der Waals surface area contributed by atoms with Gasteiger partial charge in [-0.3, -0.25) is 4.79 Å². The Balaban J connectivity index is 2.13. The van der Waals surface area contributed by atoms with Crippen LogP contribution < -0.4 is 5.32 Å². The molecule has 3 heteroatoms. The van der Waals surface area contributed by atoms with E-state index < -0.39 is 0 Å². The van der Waals surface area contributed by atoms with Crippen LogP contribution in [0.15, 0.2) is 22.8 Å². The molecule has 0 aromatic carbocycles. The maximum absolute atomic E-state index is 10.8. The zero-order valence-electron chi connectivity index (χ0n) is 6.04. The molecule has 0 unspecified atom stereocenters. The molecule has 11 heavy (non-hydrogen) atoms. The maximum Gasteiger partial charge on any atom is 0.220 e. The van der Waals surface area contributed by atoms with Crippen molar-refractivity contribution in [3.05, 3.63) is 24.2 Å². The first kappa shape index (κ1) is 6.46. The van der Waals surface area contributed by atoms with Crippen LogP contribution in [0.3, 0.4) is 0 Å². The minimum atomic E-state index is 0.117. The summed E-state index contributed by atoms with van der Waals surface area (Å²) in [5.74, 6) is 1.27. The van der Waals surface area contributed by atoms with Gasteiger partial charge in [0.25, 0.3) is 0 Å². The van der Waals surface area contributed by atoms with Gasteiger partial charge in [0.15, 0.2) is 0 Å². The van der Waals surface area contributed by atoms with Crippen LogP contribution in [0.1, 0.15) is 18.1 Å². The van der Waals surface area contributed by atoms with Crippen LogP contribution >= 0.6 is 0 Å². The van der Waals surface area contributed by atoms with Crippen molar-refractivity contribution in [3.8, 4) is 0 Å². The first-order valence-electron chi connectivity index (χ1n) is 3.66. The van der Waals surface area contributed by atoms with Crippen LogP contribution in [0.2, 0.25) is 0 Å². The van der Waals surface area contributed by atoms with Gasteiger partial charge in [-0.2, -0.15) is 0 Å². The highest BCUT2D eigenvalue weighted by molar-refractivity contribution is 5.79. The van der Waals surface area contributed by atoms with E-state index in [0.717, 1.165) is 5.76 Å². The number of hydrogen-bond acceptors (Lipinski definition) is 2. The Morgan fingerprint density at radius 2 is 2.55 bits per heavy atom. The van der Waals surface area contributed by atoms with Crippen molar-refractivity contribution in [2.24, 2.45) is 0 Å². The normalized spacial score (nSPS) is 23.6. The second-order valence-corrected chi connectivity index (χ2v) is 2.72. The Hall–Kier alpha value is -1.25. The molecule has 2 heterocycles. The Kier molecular flexibility index (Phi) is 1.42. The second-order valence-electron chi connectivity index (χ2n) is 2.72. The number of nitrogens with one attached hydrogen (secondary N) is 1. The third-order valence-electron chi connectivity index (χ3n) is 1.92.